The first-order chi connectivity index (χ1) is 6.18. The van der Waals surface area contributed by atoms with E-state index in [9.17, 15) is 4.79 Å². The smallest absolute Gasteiger partial charge is 0.337 e. The van der Waals surface area contributed by atoms with Crippen molar-refractivity contribution in [2.24, 2.45) is 0 Å². The van der Waals surface area contributed by atoms with Crippen LogP contribution in [0, 0.1) is 0 Å². The minimum atomic E-state index is -0.985. The van der Waals surface area contributed by atoms with E-state index >= 15 is 0 Å². The number of pyridine rings is 1. The van der Waals surface area contributed by atoms with E-state index in [-0.39, 0.29) is 5.56 Å². The van der Waals surface area contributed by atoms with E-state index in [4.69, 9.17) is 10.8 Å². The van der Waals surface area contributed by atoms with Crippen molar-refractivity contribution in [1.29, 1.82) is 0 Å². The SMILES string of the molecule is Nc1cc(C(=O)O)cnc1C1CC1. The fourth-order valence-electron chi connectivity index (χ4n) is 1.31. The first kappa shape index (κ1) is 8.04. The zero-order valence-electron chi connectivity index (χ0n) is 7.03. The number of aromatic carboxylic acids is 1. The molecule has 4 nitrogen and oxygen atoms in total. The highest BCUT2D eigenvalue weighted by Gasteiger charge is 2.27. The summed E-state index contributed by atoms with van der Waals surface area (Å²) in [6, 6.07) is 1.48. The summed E-state index contributed by atoms with van der Waals surface area (Å²) in [4.78, 5) is 14.6. The van der Waals surface area contributed by atoms with Crippen molar-refractivity contribution in [2.45, 2.75) is 18.8 Å². The number of nitrogens with zero attached hydrogens (tertiary/aromatic N) is 1. The lowest BCUT2D eigenvalue weighted by atomic mass is 10.2. The van der Waals surface area contributed by atoms with Crippen LogP contribution in [-0.4, -0.2) is 16.1 Å². The average Bonchev–Trinajstić information content (AvgIpc) is 2.87. The molecule has 1 aromatic heterocycles. The fourth-order valence-corrected chi connectivity index (χ4v) is 1.31. The number of rotatable bonds is 2. The van der Waals surface area contributed by atoms with Crippen LogP contribution in [0.3, 0.4) is 0 Å². The van der Waals surface area contributed by atoms with Gasteiger partial charge in [0.25, 0.3) is 0 Å². The van der Waals surface area contributed by atoms with Gasteiger partial charge in [-0.05, 0) is 18.9 Å². The summed E-state index contributed by atoms with van der Waals surface area (Å²) in [7, 11) is 0. The number of nitrogen functional groups attached to an aromatic ring is 1. The molecular formula is C9H10N2O2. The number of carboxylic acid groups (broad SMARTS) is 1. The number of hydrogen-bond donors (Lipinski definition) is 2. The largest absolute Gasteiger partial charge is 0.478 e. The van der Waals surface area contributed by atoms with E-state index in [1.807, 2.05) is 0 Å². The molecule has 0 amide bonds. The van der Waals surface area contributed by atoms with Crippen molar-refractivity contribution in [3.63, 3.8) is 0 Å². The van der Waals surface area contributed by atoms with Crippen LogP contribution in [-0.2, 0) is 0 Å². The molecule has 1 heterocycles. The second-order valence-corrected chi connectivity index (χ2v) is 3.28. The monoisotopic (exact) mass is 178 g/mol. The molecule has 1 fully saturated rings. The molecule has 0 aromatic carbocycles. The number of carbonyl (C=O) groups is 1. The van der Waals surface area contributed by atoms with Crippen LogP contribution < -0.4 is 5.73 Å². The van der Waals surface area contributed by atoms with Gasteiger partial charge in [-0.2, -0.15) is 0 Å². The third kappa shape index (κ3) is 1.47. The summed E-state index contributed by atoms with van der Waals surface area (Å²) in [6.07, 6.45) is 3.60. The summed E-state index contributed by atoms with van der Waals surface area (Å²) in [6.45, 7) is 0. The van der Waals surface area contributed by atoms with Gasteiger partial charge in [-0.3, -0.25) is 4.98 Å². The van der Waals surface area contributed by atoms with Gasteiger partial charge in [0.2, 0.25) is 0 Å². The van der Waals surface area contributed by atoms with Crippen molar-refractivity contribution >= 4 is 11.7 Å². The van der Waals surface area contributed by atoms with Gasteiger partial charge in [0, 0.05) is 12.1 Å². The summed E-state index contributed by atoms with van der Waals surface area (Å²) in [5.74, 6) is -0.524. The minimum absolute atomic E-state index is 0.155. The molecule has 0 atom stereocenters. The summed E-state index contributed by atoms with van der Waals surface area (Å²) < 4.78 is 0. The Hall–Kier alpha value is -1.58. The molecule has 0 bridgehead atoms. The van der Waals surface area contributed by atoms with Crippen LogP contribution in [0.15, 0.2) is 12.3 Å². The van der Waals surface area contributed by atoms with Gasteiger partial charge in [0.1, 0.15) is 0 Å². The second kappa shape index (κ2) is 2.73. The van der Waals surface area contributed by atoms with E-state index in [0.717, 1.165) is 18.5 Å². The lowest BCUT2D eigenvalue weighted by molar-refractivity contribution is 0.0696. The van der Waals surface area contributed by atoms with Gasteiger partial charge in [-0.1, -0.05) is 0 Å². The third-order valence-corrected chi connectivity index (χ3v) is 2.16. The van der Waals surface area contributed by atoms with Crippen LogP contribution in [0.5, 0.6) is 0 Å². The van der Waals surface area contributed by atoms with E-state index in [2.05, 4.69) is 4.98 Å². The Morgan fingerprint density at radius 3 is 2.77 bits per heavy atom. The number of aromatic nitrogens is 1. The first-order valence-corrected chi connectivity index (χ1v) is 4.17. The zero-order chi connectivity index (χ0) is 9.42. The lowest BCUT2D eigenvalue weighted by Gasteiger charge is -2.02. The molecule has 3 N–H and O–H groups in total. The first-order valence-electron chi connectivity index (χ1n) is 4.17. The van der Waals surface area contributed by atoms with Crippen LogP contribution in [0.4, 0.5) is 5.69 Å². The predicted molar refractivity (Wildman–Crippen MR) is 47.6 cm³/mol. The predicted octanol–water partition coefficient (Wildman–Crippen LogP) is 1.24. The number of nitrogens with two attached hydrogens (primary N) is 1. The second-order valence-electron chi connectivity index (χ2n) is 3.28. The standard InChI is InChI=1S/C9H10N2O2/c10-7-3-6(9(12)13)4-11-8(7)5-1-2-5/h3-5H,1-2,10H2,(H,12,13). The van der Waals surface area contributed by atoms with Crippen molar-refractivity contribution in [3.8, 4) is 0 Å². The van der Waals surface area contributed by atoms with E-state index < -0.39 is 5.97 Å². The van der Waals surface area contributed by atoms with Crippen molar-refractivity contribution < 1.29 is 9.90 Å². The maximum Gasteiger partial charge on any atom is 0.337 e. The molecular weight excluding hydrogens is 168 g/mol. The van der Waals surface area contributed by atoms with Crippen LogP contribution in [0.25, 0.3) is 0 Å². The Labute approximate surface area is 75.4 Å². The molecule has 0 aliphatic heterocycles. The number of hydrogen-bond acceptors (Lipinski definition) is 3. The third-order valence-electron chi connectivity index (χ3n) is 2.16. The Morgan fingerprint density at radius 1 is 1.62 bits per heavy atom. The van der Waals surface area contributed by atoms with Crippen LogP contribution >= 0.6 is 0 Å². The number of anilines is 1. The highest BCUT2D eigenvalue weighted by atomic mass is 16.4. The molecule has 13 heavy (non-hydrogen) atoms. The topological polar surface area (TPSA) is 76.2 Å². The number of carboxylic acids is 1. The molecule has 68 valence electrons. The van der Waals surface area contributed by atoms with E-state index in [1.54, 1.807) is 0 Å². The van der Waals surface area contributed by atoms with Gasteiger partial charge in [-0.25, -0.2) is 4.79 Å². The Morgan fingerprint density at radius 2 is 2.31 bits per heavy atom. The molecule has 1 aliphatic rings. The van der Waals surface area contributed by atoms with Gasteiger partial charge in [-0.15, -0.1) is 0 Å². The van der Waals surface area contributed by atoms with Crippen molar-refractivity contribution in [2.75, 3.05) is 5.73 Å². The van der Waals surface area contributed by atoms with E-state index in [0.29, 0.717) is 11.6 Å². The molecule has 0 unspecified atom stereocenters. The Balaban J connectivity index is 2.36. The van der Waals surface area contributed by atoms with E-state index in [1.165, 1.54) is 12.3 Å². The molecule has 4 heteroatoms. The molecule has 1 aromatic rings. The normalized spacial score (nSPS) is 15.7. The van der Waals surface area contributed by atoms with Gasteiger partial charge in [0.05, 0.1) is 16.9 Å². The van der Waals surface area contributed by atoms with Crippen LogP contribution in [0.2, 0.25) is 0 Å². The molecule has 0 spiro atoms. The molecule has 2 rings (SSSR count). The van der Waals surface area contributed by atoms with Crippen molar-refractivity contribution in [1.82, 2.24) is 4.98 Å². The van der Waals surface area contributed by atoms with Gasteiger partial charge < -0.3 is 10.8 Å². The molecule has 0 saturated heterocycles. The molecule has 1 saturated carbocycles. The Kier molecular flexibility index (Phi) is 1.69. The lowest BCUT2D eigenvalue weighted by Crippen LogP contribution is -2.02. The average molecular weight is 178 g/mol. The minimum Gasteiger partial charge on any atom is -0.478 e. The van der Waals surface area contributed by atoms with Crippen molar-refractivity contribution in [3.05, 3.63) is 23.5 Å². The van der Waals surface area contributed by atoms with Gasteiger partial charge >= 0.3 is 5.97 Å². The summed E-state index contributed by atoms with van der Waals surface area (Å²) in [5, 5.41) is 8.66. The van der Waals surface area contributed by atoms with Gasteiger partial charge in [0.15, 0.2) is 0 Å². The maximum absolute atomic E-state index is 10.6. The van der Waals surface area contributed by atoms with Crippen LogP contribution in [0.1, 0.15) is 34.8 Å². The highest BCUT2D eigenvalue weighted by molar-refractivity contribution is 5.88. The molecule has 0 radical (unpaired) electrons. The highest BCUT2D eigenvalue weighted by Crippen LogP contribution is 2.41. The Bertz CT molecular complexity index is 359. The molecule has 1 aliphatic carbocycles. The summed E-state index contributed by atoms with van der Waals surface area (Å²) in [5.41, 5.74) is 7.18. The fraction of sp³-hybridized carbons (Fsp3) is 0.333. The zero-order valence-corrected chi connectivity index (χ0v) is 7.03. The quantitative estimate of drug-likeness (QED) is 0.714. The summed E-state index contributed by atoms with van der Waals surface area (Å²) >= 11 is 0. The maximum atomic E-state index is 10.6.